The van der Waals surface area contributed by atoms with E-state index in [4.69, 9.17) is 9.47 Å². The summed E-state index contributed by atoms with van der Waals surface area (Å²) in [4.78, 5) is 17.9. The third kappa shape index (κ3) is 3.16. The van der Waals surface area contributed by atoms with Gasteiger partial charge >= 0.3 is 0 Å². The predicted molar refractivity (Wildman–Crippen MR) is 126 cm³/mol. The van der Waals surface area contributed by atoms with Crippen molar-refractivity contribution in [2.24, 2.45) is 5.92 Å². The molecule has 6 heteroatoms. The van der Waals surface area contributed by atoms with E-state index in [1.54, 1.807) is 12.1 Å². The highest BCUT2D eigenvalue weighted by Crippen LogP contribution is 2.50. The second-order valence-corrected chi connectivity index (χ2v) is 8.96. The van der Waals surface area contributed by atoms with Crippen LogP contribution < -0.4 is 14.4 Å². The molecule has 3 aromatic rings. The van der Waals surface area contributed by atoms with E-state index in [1.165, 1.54) is 0 Å². The molecular weight excluding hydrogens is 416 g/mol. The number of nitrogens with zero attached hydrogens (tertiary/aromatic N) is 2. The van der Waals surface area contributed by atoms with E-state index in [0.29, 0.717) is 23.6 Å². The summed E-state index contributed by atoms with van der Waals surface area (Å²) >= 11 is 0. The van der Waals surface area contributed by atoms with Crippen LogP contribution in [0.4, 0.5) is 5.69 Å². The molecule has 1 saturated heterocycles. The molecular formula is C27H26N2O4. The molecule has 0 spiro atoms. The fourth-order valence-corrected chi connectivity index (χ4v) is 5.69. The molecule has 1 amide bonds. The largest absolute Gasteiger partial charge is 0.454 e. The number of hydrogen-bond acceptors (Lipinski definition) is 5. The van der Waals surface area contributed by atoms with Gasteiger partial charge in [0.05, 0.1) is 18.7 Å². The number of anilines is 1. The third-order valence-corrected chi connectivity index (χ3v) is 7.34. The SMILES string of the molecule is CN1c2ccc(-c3ccccc3)cc2[C@@H]2[C@@H](CCN2C(=O)c2ccc3c(c2)OCO3)[C@@H]1CO. The molecule has 33 heavy (non-hydrogen) atoms. The van der Waals surface area contributed by atoms with E-state index >= 15 is 0 Å². The summed E-state index contributed by atoms with van der Waals surface area (Å²) < 4.78 is 10.9. The van der Waals surface area contributed by atoms with Crippen LogP contribution in [0.5, 0.6) is 11.5 Å². The minimum atomic E-state index is -0.0880. The maximum atomic E-state index is 13.7. The molecule has 6 nitrogen and oxygen atoms in total. The Hall–Kier alpha value is -3.51. The summed E-state index contributed by atoms with van der Waals surface area (Å²) in [5.74, 6) is 1.43. The Bertz CT molecular complexity index is 1210. The number of amides is 1. The lowest BCUT2D eigenvalue weighted by Gasteiger charge is -2.44. The Morgan fingerprint density at radius 1 is 1.00 bits per heavy atom. The van der Waals surface area contributed by atoms with Gasteiger partial charge in [-0.25, -0.2) is 0 Å². The first kappa shape index (κ1) is 20.1. The molecule has 3 aromatic carbocycles. The van der Waals surface area contributed by atoms with Gasteiger partial charge < -0.3 is 24.4 Å². The van der Waals surface area contributed by atoms with E-state index in [-0.39, 0.29) is 37.3 Å². The Labute approximate surface area is 193 Å². The molecule has 0 saturated carbocycles. The van der Waals surface area contributed by atoms with E-state index in [1.807, 2.05) is 36.2 Å². The van der Waals surface area contributed by atoms with Gasteiger partial charge in [-0.2, -0.15) is 0 Å². The van der Waals surface area contributed by atoms with Gasteiger partial charge in [-0.3, -0.25) is 4.79 Å². The zero-order chi connectivity index (χ0) is 22.5. The molecule has 3 atom stereocenters. The molecule has 3 heterocycles. The molecule has 1 fully saturated rings. The molecule has 0 aliphatic carbocycles. The smallest absolute Gasteiger partial charge is 0.254 e. The van der Waals surface area contributed by atoms with Crippen molar-refractivity contribution in [2.75, 3.05) is 31.9 Å². The number of benzene rings is 3. The van der Waals surface area contributed by atoms with Gasteiger partial charge in [0.2, 0.25) is 6.79 Å². The van der Waals surface area contributed by atoms with Crippen LogP contribution in [0.25, 0.3) is 11.1 Å². The molecule has 0 unspecified atom stereocenters. The number of aliphatic hydroxyl groups is 1. The summed E-state index contributed by atoms with van der Waals surface area (Å²) in [7, 11) is 2.04. The lowest BCUT2D eigenvalue weighted by Crippen LogP contribution is -2.48. The van der Waals surface area contributed by atoms with Gasteiger partial charge in [0.25, 0.3) is 5.91 Å². The zero-order valence-electron chi connectivity index (χ0n) is 18.5. The number of likely N-dealkylation sites (tertiary alicyclic amines) is 1. The summed E-state index contributed by atoms with van der Waals surface area (Å²) in [5, 5.41) is 10.2. The molecule has 0 bridgehead atoms. The summed E-state index contributed by atoms with van der Waals surface area (Å²) in [6.45, 7) is 0.896. The average Bonchev–Trinajstić information content (AvgIpc) is 3.51. The van der Waals surface area contributed by atoms with Gasteiger partial charge in [0.1, 0.15) is 0 Å². The highest BCUT2D eigenvalue weighted by atomic mass is 16.7. The van der Waals surface area contributed by atoms with Crippen molar-refractivity contribution in [2.45, 2.75) is 18.5 Å². The highest BCUT2D eigenvalue weighted by Gasteiger charge is 2.47. The van der Waals surface area contributed by atoms with Gasteiger partial charge in [0.15, 0.2) is 11.5 Å². The van der Waals surface area contributed by atoms with Gasteiger partial charge in [-0.15, -0.1) is 0 Å². The molecule has 0 radical (unpaired) electrons. The monoisotopic (exact) mass is 442 g/mol. The fourth-order valence-electron chi connectivity index (χ4n) is 5.69. The third-order valence-electron chi connectivity index (χ3n) is 7.34. The number of aliphatic hydroxyl groups excluding tert-OH is 1. The number of likely N-dealkylation sites (N-methyl/N-ethyl adjacent to an activating group) is 1. The summed E-state index contributed by atoms with van der Waals surface area (Å²) in [6.07, 6.45) is 0.853. The molecule has 0 aromatic heterocycles. The quantitative estimate of drug-likeness (QED) is 0.662. The summed E-state index contributed by atoms with van der Waals surface area (Å²) in [6, 6.07) is 22.0. The van der Waals surface area contributed by atoms with Crippen LogP contribution in [-0.2, 0) is 0 Å². The second kappa shape index (κ2) is 7.81. The van der Waals surface area contributed by atoms with Crippen molar-refractivity contribution in [1.29, 1.82) is 0 Å². The number of carbonyl (C=O) groups excluding carboxylic acids is 1. The minimum Gasteiger partial charge on any atom is -0.454 e. The van der Waals surface area contributed by atoms with E-state index in [9.17, 15) is 9.90 Å². The Balaban J connectivity index is 1.43. The standard InChI is InChI=1S/C27H26N2O4/c1-28-22-9-7-18(17-5-3-2-4-6-17)13-21(22)26-20(23(28)15-30)11-12-29(26)27(31)19-8-10-24-25(14-19)33-16-32-24/h2-10,13-14,20,23,26,30H,11-12,15-16H2,1H3/t20-,23-,26-/m0/s1. The first-order valence-corrected chi connectivity index (χ1v) is 11.4. The topological polar surface area (TPSA) is 62.2 Å². The maximum Gasteiger partial charge on any atom is 0.254 e. The van der Waals surface area contributed by atoms with Gasteiger partial charge in [-0.1, -0.05) is 36.4 Å². The van der Waals surface area contributed by atoms with Crippen LogP contribution in [0.1, 0.15) is 28.4 Å². The lowest BCUT2D eigenvalue weighted by atomic mass is 9.81. The van der Waals surface area contributed by atoms with Crippen molar-refractivity contribution in [1.82, 2.24) is 4.90 Å². The lowest BCUT2D eigenvalue weighted by molar-refractivity contribution is 0.0693. The zero-order valence-corrected chi connectivity index (χ0v) is 18.5. The Morgan fingerprint density at radius 2 is 1.82 bits per heavy atom. The normalized spacial score (nSPS) is 22.8. The van der Waals surface area contributed by atoms with Gasteiger partial charge in [-0.05, 0) is 53.4 Å². The number of rotatable bonds is 3. The van der Waals surface area contributed by atoms with E-state index in [2.05, 4.69) is 35.2 Å². The number of hydrogen-bond donors (Lipinski definition) is 1. The van der Waals surface area contributed by atoms with Gasteiger partial charge in [0, 0.05) is 30.8 Å². The van der Waals surface area contributed by atoms with Crippen molar-refractivity contribution in [3.05, 3.63) is 77.9 Å². The number of ether oxygens (including phenoxy) is 2. The van der Waals surface area contributed by atoms with Crippen LogP contribution in [0.15, 0.2) is 66.7 Å². The number of carbonyl (C=O) groups is 1. The number of fused-ring (bicyclic) bond motifs is 4. The molecule has 1 N–H and O–H groups in total. The van der Waals surface area contributed by atoms with Crippen LogP contribution in [0.2, 0.25) is 0 Å². The highest BCUT2D eigenvalue weighted by molar-refractivity contribution is 5.95. The predicted octanol–water partition coefficient (Wildman–Crippen LogP) is 4.10. The van der Waals surface area contributed by atoms with Crippen molar-refractivity contribution in [3.8, 4) is 22.6 Å². The Morgan fingerprint density at radius 3 is 2.64 bits per heavy atom. The fraction of sp³-hybridized carbons (Fsp3) is 0.296. The van der Waals surface area contributed by atoms with Crippen LogP contribution in [0.3, 0.4) is 0 Å². The van der Waals surface area contributed by atoms with Crippen LogP contribution >= 0.6 is 0 Å². The Kier molecular flexibility index (Phi) is 4.76. The second-order valence-electron chi connectivity index (χ2n) is 8.96. The molecule has 6 rings (SSSR count). The van der Waals surface area contributed by atoms with Crippen molar-refractivity contribution < 1.29 is 19.4 Å². The molecule has 3 aliphatic heterocycles. The first-order chi connectivity index (χ1) is 16.2. The molecule has 3 aliphatic rings. The van der Waals surface area contributed by atoms with Crippen molar-refractivity contribution in [3.63, 3.8) is 0 Å². The van der Waals surface area contributed by atoms with E-state index < -0.39 is 0 Å². The first-order valence-electron chi connectivity index (χ1n) is 11.4. The van der Waals surface area contributed by atoms with Crippen LogP contribution in [0, 0.1) is 5.92 Å². The van der Waals surface area contributed by atoms with E-state index in [0.717, 1.165) is 28.8 Å². The van der Waals surface area contributed by atoms with Crippen LogP contribution in [-0.4, -0.2) is 48.9 Å². The average molecular weight is 443 g/mol. The minimum absolute atomic E-state index is 0.0156. The van der Waals surface area contributed by atoms with Crippen molar-refractivity contribution >= 4 is 11.6 Å². The molecule has 168 valence electrons. The maximum absolute atomic E-state index is 13.7. The summed E-state index contributed by atoms with van der Waals surface area (Å²) in [5.41, 5.74) is 5.09.